The van der Waals surface area contributed by atoms with Gasteiger partial charge in [-0.15, -0.1) is 0 Å². The Bertz CT molecular complexity index is 1430. The maximum absolute atomic E-state index is 12.6. The Morgan fingerprint density at radius 3 is 2.41 bits per heavy atom. The van der Waals surface area contributed by atoms with Gasteiger partial charge in [-0.05, 0) is 25.1 Å². The zero-order chi connectivity index (χ0) is 24.6. The standard InChI is InChI=1S/C21H16F3N5O5/c1-9-11-7-10(32-2)8-14(33-3)16(11)27-19(25-9)29-20-26-12-5-4-6-13(15(12)17(30)28-20)34-18(31)21(22,23)24/h4-8H,1-3H3,(H2,25,26,27,28,29,30). The number of halogens is 3. The molecule has 0 aliphatic carbocycles. The second kappa shape index (κ2) is 8.50. The van der Waals surface area contributed by atoms with Gasteiger partial charge in [-0.1, -0.05) is 6.07 Å². The van der Waals surface area contributed by atoms with Gasteiger partial charge in [0.2, 0.25) is 17.8 Å². The fraction of sp³-hybridized carbons (Fsp3) is 0.190. The number of aromatic hydroxyl groups is 1. The van der Waals surface area contributed by atoms with E-state index in [4.69, 9.17) is 9.47 Å². The Labute approximate surface area is 189 Å². The van der Waals surface area contributed by atoms with E-state index in [-0.39, 0.29) is 22.8 Å². The van der Waals surface area contributed by atoms with Gasteiger partial charge < -0.3 is 19.3 Å². The van der Waals surface area contributed by atoms with Gasteiger partial charge in [-0.3, -0.25) is 5.32 Å². The van der Waals surface area contributed by atoms with Crippen molar-refractivity contribution in [2.45, 2.75) is 13.1 Å². The molecule has 0 fully saturated rings. The zero-order valence-corrected chi connectivity index (χ0v) is 17.9. The second-order valence-electron chi connectivity index (χ2n) is 6.89. The van der Waals surface area contributed by atoms with Crippen molar-refractivity contribution in [1.82, 2.24) is 19.9 Å². The van der Waals surface area contributed by atoms with Crippen LogP contribution in [0.3, 0.4) is 0 Å². The highest BCUT2D eigenvalue weighted by Gasteiger charge is 2.41. The van der Waals surface area contributed by atoms with Crippen LogP contribution in [0.5, 0.6) is 23.1 Å². The van der Waals surface area contributed by atoms with Gasteiger partial charge in [0.05, 0.1) is 25.4 Å². The van der Waals surface area contributed by atoms with E-state index in [0.717, 1.165) is 6.07 Å². The Hall–Kier alpha value is -4.42. The summed E-state index contributed by atoms with van der Waals surface area (Å²) in [4.78, 5) is 28.0. The minimum Gasteiger partial charge on any atom is -0.497 e. The number of aryl methyl sites for hydroxylation is 1. The molecule has 10 nitrogen and oxygen atoms in total. The van der Waals surface area contributed by atoms with Crippen molar-refractivity contribution in [3.05, 3.63) is 36.0 Å². The normalized spacial score (nSPS) is 11.5. The Balaban J connectivity index is 1.73. The summed E-state index contributed by atoms with van der Waals surface area (Å²) >= 11 is 0. The number of hydrogen-bond donors (Lipinski definition) is 2. The summed E-state index contributed by atoms with van der Waals surface area (Å²) in [6, 6.07) is 7.19. The highest BCUT2D eigenvalue weighted by molar-refractivity contribution is 5.93. The molecule has 0 unspecified atom stereocenters. The van der Waals surface area contributed by atoms with Crippen LogP contribution in [0.15, 0.2) is 30.3 Å². The molecule has 176 valence electrons. The van der Waals surface area contributed by atoms with E-state index in [9.17, 15) is 23.1 Å². The number of methoxy groups -OCH3 is 2. The number of carbonyl (C=O) groups is 1. The average molecular weight is 475 g/mol. The maximum Gasteiger partial charge on any atom is 0.491 e. The SMILES string of the molecule is COc1cc(OC)c2nc(Nc3nc(O)c4c(OC(=O)C(F)(F)F)cccc4n3)nc(C)c2c1. The minimum atomic E-state index is -5.21. The first kappa shape index (κ1) is 22.8. The van der Waals surface area contributed by atoms with Crippen molar-refractivity contribution in [3.8, 4) is 23.1 Å². The van der Waals surface area contributed by atoms with Crippen molar-refractivity contribution in [2.75, 3.05) is 19.5 Å². The molecule has 0 aliphatic heterocycles. The molecular weight excluding hydrogens is 459 g/mol. The molecule has 2 N–H and O–H groups in total. The molecular formula is C21H16F3N5O5. The lowest BCUT2D eigenvalue weighted by atomic mass is 10.1. The molecule has 0 radical (unpaired) electrons. The number of nitrogens with one attached hydrogen (secondary N) is 1. The van der Waals surface area contributed by atoms with Crippen LogP contribution in [0.1, 0.15) is 5.69 Å². The topological polar surface area (TPSA) is 129 Å². The molecule has 0 atom stereocenters. The van der Waals surface area contributed by atoms with E-state index in [1.54, 1.807) is 19.1 Å². The second-order valence-corrected chi connectivity index (χ2v) is 6.89. The number of carbonyl (C=O) groups excluding carboxylic acids is 1. The third-order valence-corrected chi connectivity index (χ3v) is 4.71. The lowest BCUT2D eigenvalue weighted by Crippen LogP contribution is -2.28. The van der Waals surface area contributed by atoms with Crippen molar-refractivity contribution >= 4 is 39.7 Å². The van der Waals surface area contributed by atoms with Crippen LogP contribution in [0, 0.1) is 6.92 Å². The molecule has 4 aromatic rings. The molecule has 13 heteroatoms. The number of hydrogen-bond acceptors (Lipinski definition) is 10. The van der Waals surface area contributed by atoms with Crippen LogP contribution in [0.2, 0.25) is 0 Å². The molecule has 0 saturated heterocycles. The molecule has 2 aromatic carbocycles. The first-order valence-electron chi connectivity index (χ1n) is 9.57. The molecule has 0 saturated carbocycles. The van der Waals surface area contributed by atoms with Crippen LogP contribution in [0.4, 0.5) is 25.1 Å². The monoisotopic (exact) mass is 475 g/mol. The van der Waals surface area contributed by atoms with E-state index >= 15 is 0 Å². The predicted octanol–water partition coefficient (Wildman–Crippen LogP) is 3.82. The maximum atomic E-state index is 12.6. The van der Waals surface area contributed by atoms with E-state index < -0.39 is 23.8 Å². The number of alkyl halides is 3. The molecule has 0 aliphatic rings. The number of benzene rings is 2. The predicted molar refractivity (Wildman–Crippen MR) is 114 cm³/mol. The van der Waals surface area contributed by atoms with Gasteiger partial charge >= 0.3 is 12.1 Å². The van der Waals surface area contributed by atoms with Crippen molar-refractivity contribution in [3.63, 3.8) is 0 Å². The number of esters is 1. The number of rotatable bonds is 5. The van der Waals surface area contributed by atoms with Crippen LogP contribution >= 0.6 is 0 Å². The Kier molecular flexibility index (Phi) is 5.69. The highest BCUT2D eigenvalue weighted by atomic mass is 19.4. The fourth-order valence-corrected chi connectivity index (χ4v) is 3.18. The Morgan fingerprint density at radius 1 is 1.00 bits per heavy atom. The van der Waals surface area contributed by atoms with Crippen LogP contribution < -0.4 is 19.5 Å². The van der Waals surface area contributed by atoms with Crippen molar-refractivity contribution < 1.29 is 37.3 Å². The number of fused-ring (bicyclic) bond motifs is 2. The summed E-state index contributed by atoms with van der Waals surface area (Å²) in [5.74, 6) is -2.77. The number of anilines is 2. The van der Waals surface area contributed by atoms with Crippen molar-refractivity contribution in [1.29, 1.82) is 0 Å². The summed E-state index contributed by atoms with van der Waals surface area (Å²) in [5.41, 5.74) is 1.07. The summed E-state index contributed by atoms with van der Waals surface area (Å²) in [6.45, 7) is 1.74. The molecule has 34 heavy (non-hydrogen) atoms. The van der Waals surface area contributed by atoms with Crippen LogP contribution in [0.25, 0.3) is 21.8 Å². The molecule has 0 bridgehead atoms. The van der Waals surface area contributed by atoms with Gasteiger partial charge in [0.15, 0.2) is 0 Å². The fourth-order valence-electron chi connectivity index (χ4n) is 3.18. The van der Waals surface area contributed by atoms with Gasteiger partial charge in [0.25, 0.3) is 0 Å². The molecule has 0 amide bonds. The first-order valence-corrected chi connectivity index (χ1v) is 9.57. The lowest BCUT2D eigenvalue weighted by Gasteiger charge is -2.13. The third-order valence-electron chi connectivity index (χ3n) is 4.71. The largest absolute Gasteiger partial charge is 0.497 e. The summed E-state index contributed by atoms with van der Waals surface area (Å²) < 4.78 is 52.7. The molecule has 2 aromatic heterocycles. The average Bonchev–Trinajstić information content (AvgIpc) is 2.77. The molecule has 2 heterocycles. The first-order chi connectivity index (χ1) is 16.1. The highest BCUT2D eigenvalue weighted by Crippen LogP contribution is 2.35. The summed E-state index contributed by atoms with van der Waals surface area (Å²) in [6.07, 6.45) is -5.21. The van der Waals surface area contributed by atoms with Crippen molar-refractivity contribution in [2.24, 2.45) is 0 Å². The summed E-state index contributed by atoms with van der Waals surface area (Å²) in [5, 5.41) is 13.5. The van der Waals surface area contributed by atoms with Crippen LogP contribution in [-0.4, -0.2) is 51.4 Å². The van der Waals surface area contributed by atoms with E-state index in [2.05, 4.69) is 30.0 Å². The summed E-state index contributed by atoms with van der Waals surface area (Å²) in [7, 11) is 3.00. The van der Waals surface area contributed by atoms with Gasteiger partial charge in [0, 0.05) is 11.5 Å². The lowest BCUT2D eigenvalue weighted by molar-refractivity contribution is -0.189. The number of ether oxygens (including phenoxy) is 3. The van der Waals surface area contributed by atoms with E-state index in [0.29, 0.717) is 28.1 Å². The number of nitrogens with zero attached hydrogens (tertiary/aromatic N) is 4. The Morgan fingerprint density at radius 2 is 1.74 bits per heavy atom. The van der Waals surface area contributed by atoms with E-state index in [1.807, 2.05) is 0 Å². The van der Waals surface area contributed by atoms with E-state index in [1.165, 1.54) is 26.4 Å². The van der Waals surface area contributed by atoms with Gasteiger partial charge in [-0.2, -0.15) is 18.2 Å². The van der Waals surface area contributed by atoms with Crippen LogP contribution in [-0.2, 0) is 4.79 Å². The zero-order valence-electron chi connectivity index (χ0n) is 17.9. The van der Waals surface area contributed by atoms with Gasteiger partial charge in [0.1, 0.15) is 28.2 Å². The smallest absolute Gasteiger partial charge is 0.491 e. The minimum absolute atomic E-state index is 0.0160. The molecule has 0 spiro atoms. The molecule has 4 rings (SSSR count). The number of aromatic nitrogens is 4. The van der Waals surface area contributed by atoms with Gasteiger partial charge in [-0.25, -0.2) is 19.7 Å². The third kappa shape index (κ3) is 4.27. The quantitative estimate of drug-likeness (QED) is 0.325.